The number of benzene rings is 1. The highest BCUT2D eigenvalue weighted by molar-refractivity contribution is 7.18. The number of nitrogens with zero attached hydrogens (tertiary/aromatic N) is 3. The second-order valence-electron chi connectivity index (χ2n) is 5.91. The number of halogens is 1. The molecule has 3 rings (SSSR count). The van der Waals surface area contributed by atoms with E-state index < -0.39 is 0 Å². The molecule has 2 aromatic heterocycles. The molecule has 1 atom stereocenters. The lowest BCUT2D eigenvalue weighted by Gasteiger charge is -2.08. The van der Waals surface area contributed by atoms with Crippen molar-refractivity contribution in [1.29, 1.82) is 0 Å². The highest BCUT2D eigenvalue weighted by Crippen LogP contribution is 2.37. The summed E-state index contributed by atoms with van der Waals surface area (Å²) < 4.78 is 16.1. The van der Waals surface area contributed by atoms with E-state index in [0.29, 0.717) is 29.6 Å². The molecule has 0 aliphatic rings. The van der Waals surface area contributed by atoms with E-state index in [2.05, 4.69) is 27.4 Å². The van der Waals surface area contributed by atoms with Crippen molar-refractivity contribution in [2.75, 3.05) is 21.3 Å². The average molecular weight is 411 g/mol. The summed E-state index contributed by atoms with van der Waals surface area (Å²) in [5, 5.41) is 8.10. The van der Waals surface area contributed by atoms with Gasteiger partial charge in [-0.15, -0.1) is 23.7 Å². The maximum Gasteiger partial charge on any atom is 0.269 e. The number of likely N-dealkylation sites (N-methyl/N-ethyl adjacent to an activating group) is 1. The SMILES string of the molecule is CNC(C)Cc1noc(-c2sc(-c3ccc(OC)c(OC)c3)nc2C)n1.Cl. The Morgan fingerprint density at radius 2 is 1.93 bits per heavy atom. The largest absolute Gasteiger partial charge is 0.493 e. The van der Waals surface area contributed by atoms with Crippen molar-refractivity contribution in [2.24, 2.45) is 0 Å². The van der Waals surface area contributed by atoms with Crippen molar-refractivity contribution < 1.29 is 14.0 Å². The van der Waals surface area contributed by atoms with Crippen molar-refractivity contribution in [1.82, 2.24) is 20.4 Å². The highest BCUT2D eigenvalue weighted by Gasteiger charge is 2.18. The minimum atomic E-state index is 0. The minimum Gasteiger partial charge on any atom is -0.493 e. The third-order valence-corrected chi connectivity index (χ3v) is 5.27. The number of hydrogen-bond donors (Lipinski definition) is 1. The summed E-state index contributed by atoms with van der Waals surface area (Å²) in [5.41, 5.74) is 1.81. The molecule has 0 saturated heterocycles. The topological polar surface area (TPSA) is 82.3 Å². The van der Waals surface area contributed by atoms with Gasteiger partial charge < -0.3 is 19.3 Å². The predicted molar refractivity (Wildman–Crippen MR) is 108 cm³/mol. The van der Waals surface area contributed by atoms with Gasteiger partial charge in [0.25, 0.3) is 5.89 Å². The van der Waals surface area contributed by atoms with Gasteiger partial charge in [0.2, 0.25) is 0 Å². The molecule has 3 aromatic rings. The first-order valence-electron chi connectivity index (χ1n) is 8.25. The number of rotatable bonds is 7. The van der Waals surface area contributed by atoms with Gasteiger partial charge in [-0.3, -0.25) is 0 Å². The molecule has 1 N–H and O–H groups in total. The Hall–Kier alpha value is -2.16. The minimum absolute atomic E-state index is 0. The number of methoxy groups -OCH3 is 2. The van der Waals surface area contributed by atoms with Crippen molar-refractivity contribution >= 4 is 23.7 Å². The molecule has 0 aliphatic carbocycles. The fraction of sp³-hybridized carbons (Fsp3) is 0.389. The van der Waals surface area contributed by atoms with E-state index in [-0.39, 0.29) is 18.4 Å². The molecular weight excluding hydrogens is 388 g/mol. The van der Waals surface area contributed by atoms with Crippen molar-refractivity contribution in [3.05, 3.63) is 29.7 Å². The van der Waals surface area contributed by atoms with Gasteiger partial charge in [-0.05, 0) is 39.1 Å². The molecule has 0 radical (unpaired) electrons. The molecule has 2 heterocycles. The lowest BCUT2D eigenvalue weighted by Crippen LogP contribution is -2.24. The molecule has 146 valence electrons. The summed E-state index contributed by atoms with van der Waals surface area (Å²) in [6.45, 7) is 4.01. The number of hydrogen-bond acceptors (Lipinski definition) is 8. The van der Waals surface area contributed by atoms with Crippen LogP contribution in [0.4, 0.5) is 0 Å². The third kappa shape index (κ3) is 4.58. The maximum absolute atomic E-state index is 5.44. The molecule has 0 fully saturated rings. The average Bonchev–Trinajstić information content (AvgIpc) is 3.27. The predicted octanol–water partition coefficient (Wildman–Crippen LogP) is 3.76. The van der Waals surface area contributed by atoms with E-state index in [0.717, 1.165) is 21.1 Å². The van der Waals surface area contributed by atoms with Crippen LogP contribution in [0.2, 0.25) is 0 Å². The summed E-state index contributed by atoms with van der Waals surface area (Å²) in [5.74, 6) is 2.54. The quantitative estimate of drug-likeness (QED) is 0.634. The zero-order valence-corrected chi connectivity index (χ0v) is 17.5. The van der Waals surface area contributed by atoms with Crippen LogP contribution in [-0.4, -0.2) is 42.4 Å². The molecule has 0 saturated carbocycles. The van der Waals surface area contributed by atoms with E-state index in [1.165, 1.54) is 11.3 Å². The molecule has 0 bridgehead atoms. The van der Waals surface area contributed by atoms with Crippen LogP contribution in [-0.2, 0) is 6.42 Å². The Morgan fingerprint density at radius 3 is 2.59 bits per heavy atom. The Kier molecular flexibility index (Phi) is 7.18. The first-order chi connectivity index (χ1) is 12.5. The number of aromatic nitrogens is 3. The monoisotopic (exact) mass is 410 g/mol. The maximum atomic E-state index is 5.44. The van der Waals surface area contributed by atoms with Gasteiger partial charge in [-0.1, -0.05) is 5.16 Å². The number of aryl methyl sites for hydroxylation is 1. The molecule has 0 spiro atoms. The molecule has 27 heavy (non-hydrogen) atoms. The Morgan fingerprint density at radius 1 is 1.19 bits per heavy atom. The van der Waals surface area contributed by atoms with Gasteiger partial charge in [0.15, 0.2) is 17.3 Å². The summed E-state index contributed by atoms with van der Waals surface area (Å²) in [7, 11) is 5.14. The van der Waals surface area contributed by atoms with Gasteiger partial charge in [-0.25, -0.2) is 4.98 Å². The first-order valence-corrected chi connectivity index (χ1v) is 9.07. The number of thiazole rings is 1. The van der Waals surface area contributed by atoms with E-state index in [4.69, 9.17) is 14.0 Å². The molecule has 1 aromatic carbocycles. The normalized spacial score (nSPS) is 11.7. The summed E-state index contributed by atoms with van der Waals surface area (Å²) in [6.07, 6.45) is 0.709. The standard InChI is InChI=1S/C18H22N4O3S.ClH/c1-10(19-3)8-15-21-17(25-22-15)16-11(2)20-18(26-16)12-6-7-13(23-4)14(9-12)24-5;/h6-7,9-10,19H,8H2,1-5H3;1H. The van der Waals surface area contributed by atoms with Crippen LogP contribution in [0.5, 0.6) is 11.5 Å². The van der Waals surface area contributed by atoms with Crippen LogP contribution in [0.3, 0.4) is 0 Å². The summed E-state index contributed by atoms with van der Waals surface area (Å²) >= 11 is 1.52. The van der Waals surface area contributed by atoms with E-state index in [1.54, 1.807) is 14.2 Å². The molecule has 9 heteroatoms. The van der Waals surface area contributed by atoms with Crippen LogP contribution in [0.25, 0.3) is 21.3 Å². The number of nitrogens with one attached hydrogen (secondary N) is 1. The van der Waals surface area contributed by atoms with Crippen LogP contribution in [0.15, 0.2) is 22.7 Å². The fourth-order valence-corrected chi connectivity index (χ4v) is 3.48. The summed E-state index contributed by atoms with van der Waals surface area (Å²) in [4.78, 5) is 10.0. The lowest BCUT2D eigenvalue weighted by molar-refractivity contribution is 0.355. The van der Waals surface area contributed by atoms with Gasteiger partial charge in [0.05, 0.1) is 19.9 Å². The number of ether oxygens (including phenoxy) is 2. The second-order valence-corrected chi connectivity index (χ2v) is 6.91. The van der Waals surface area contributed by atoms with Gasteiger partial charge >= 0.3 is 0 Å². The van der Waals surface area contributed by atoms with Crippen molar-refractivity contribution in [3.63, 3.8) is 0 Å². The highest BCUT2D eigenvalue weighted by atomic mass is 35.5. The molecular formula is C18H23ClN4O3S. The second kappa shape index (κ2) is 9.16. The van der Waals surface area contributed by atoms with Gasteiger partial charge in [0, 0.05) is 18.0 Å². The molecule has 1 unspecified atom stereocenters. The summed E-state index contributed by atoms with van der Waals surface area (Å²) in [6, 6.07) is 6.02. The van der Waals surface area contributed by atoms with Crippen LogP contribution >= 0.6 is 23.7 Å². The third-order valence-electron chi connectivity index (χ3n) is 4.07. The fourth-order valence-electron chi connectivity index (χ4n) is 2.49. The van der Waals surface area contributed by atoms with Crippen LogP contribution in [0, 0.1) is 6.92 Å². The van der Waals surface area contributed by atoms with Crippen molar-refractivity contribution in [3.8, 4) is 32.8 Å². The van der Waals surface area contributed by atoms with Crippen LogP contribution < -0.4 is 14.8 Å². The molecule has 0 aliphatic heterocycles. The first kappa shape index (κ1) is 21.1. The van der Waals surface area contributed by atoms with Crippen LogP contribution in [0.1, 0.15) is 18.4 Å². The molecule has 7 nitrogen and oxygen atoms in total. The van der Waals surface area contributed by atoms with Crippen molar-refractivity contribution in [2.45, 2.75) is 26.3 Å². The zero-order valence-electron chi connectivity index (χ0n) is 15.9. The van der Waals surface area contributed by atoms with Gasteiger partial charge in [-0.2, -0.15) is 4.98 Å². The Labute approximate surface area is 168 Å². The smallest absolute Gasteiger partial charge is 0.269 e. The zero-order chi connectivity index (χ0) is 18.7. The van der Waals surface area contributed by atoms with E-state index in [1.807, 2.05) is 32.2 Å². The molecule has 0 amide bonds. The Bertz CT molecular complexity index is 897. The lowest BCUT2D eigenvalue weighted by atomic mass is 10.2. The Balaban J connectivity index is 0.00000261. The van der Waals surface area contributed by atoms with E-state index in [9.17, 15) is 0 Å². The van der Waals surface area contributed by atoms with E-state index >= 15 is 0 Å². The van der Waals surface area contributed by atoms with Gasteiger partial charge in [0.1, 0.15) is 9.88 Å².